The molecule has 2 aromatic rings. The number of carbonyl (C=O) groups excluding carboxylic acids is 1. The summed E-state index contributed by atoms with van der Waals surface area (Å²) >= 11 is 0. The Kier molecular flexibility index (Phi) is 4.61. The van der Waals surface area contributed by atoms with Crippen molar-refractivity contribution in [3.8, 4) is 5.75 Å². The molecular formula is C16H13F3N2O4S. The van der Waals surface area contributed by atoms with Crippen LogP contribution in [-0.2, 0) is 16.0 Å². The highest BCUT2D eigenvalue weighted by molar-refractivity contribution is 7.91. The smallest absolute Gasteiger partial charge is 0.418 e. The van der Waals surface area contributed by atoms with E-state index in [-0.39, 0.29) is 17.2 Å². The Bertz CT molecular complexity index is 945. The van der Waals surface area contributed by atoms with Crippen molar-refractivity contribution >= 4 is 15.7 Å². The first kappa shape index (κ1) is 18.2. The van der Waals surface area contributed by atoms with E-state index in [4.69, 9.17) is 4.74 Å². The van der Waals surface area contributed by atoms with Gasteiger partial charge in [-0.3, -0.25) is 9.78 Å². The van der Waals surface area contributed by atoms with Gasteiger partial charge in [-0.25, -0.2) is 8.42 Å². The number of amides is 1. The third kappa shape index (κ3) is 3.64. The molecule has 1 aromatic carbocycles. The number of pyridine rings is 1. The van der Waals surface area contributed by atoms with Crippen LogP contribution in [0.1, 0.15) is 16.1 Å². The lowest BCUT2D eigenvalue weighted by atomic mass is 10.1. The van der Waals surface area contributed by atoms with Gasteiger partial charge >= 0.3 is 6.18 Å². The molecule has 1 amide bonds. The number of carbonyl (C=O) groups is 1. The zero-order chi connectivity index (χ0) is 18.9. The topological polar surface area (TPSA) is 85.4 Å². The van der Waals surface area contributed by atoms with Crippen LogP contribution in [0.2, 0.25) is 0 Å². The van der Waals surface area contributed by atoms with Crippen molar-refractivity contribution in [1.29, 1.82) is 0 Å². The summed E-state index contributed by atoms with van der Waals surface area (Å²) in [7, 11) is -3.61. The number of benzene rings is 1. The SMILES string of the molecule is O=C(NCC1CS(=O)(=O)c2ccccc2O1)c1ncccc1C(F)(F)F. The molecule has 6 nitrogen and oxygen atoms in total. The van der Waals surface area contributed by atoms with Gasteiger partial charge in [0.1, 0.15) is 22.4 Å². The number of hydrogen-bond donors (Lipinski definition) is 1. The monoisotopic (exact) mass is 386 g/mol. The minimum Gasteiger partial charge on any atom is -0.486 e. The quantitative estimate of drug-likeness (QED) is 0.873. The number of hydrogen-bond acceptors (Lipinski definition) is 5. The number of fused-ring (bicyclic) bond motifs is 1. The van der Waals surface area contributed by atoms with Gasteiger partial charge in [0, 0.05) is 6.20 Å². The van der Waals surface area contributed by atoms with E-state index in [0.717, 1.165) is 18.3 Å². The molecule has 1 N–H and O–H groups in total. The number of halogens is 3. The summed E-state index contributed by atoms with van der Waals surface area (Å²) < 4.78 is 68.8. The Morgan fingerprint density at radius 2 is 1.96 bits per heavy atom. The van der Waals surface area contributed by atoms with Crippen LogP contribution in [0, 0.1) is 0 Å². The maximum atomic E-state index is 12.9. The molecule has 1 aromatic heterocycles. The molecule has 0 bridgehead atoms. The summed E-state index contributed by atoms with van der Waals surface area (Å²) in [5, 5.41) is 2.26. The van der Waals surface area contributed by atoms with Crippen molar-refractivity contribution in [2.45, 2.75) is 17.2 Å². The molecule has 1 atom stereocenters. The molecule has 0 saturated heterocycles. The second-order valence-electron chi connectivity index (χ2n) is 5.58. The van der Waals surface area contributed by atoms with Gasteiger partial charge < -0.3 is 10.1 Å². The molecule has 0 spiro atoms. The number of sulfone groups is 1. The zero-order valence-electron chi connectivity index (χ0n) is 13.2. The van der Waals surface area contributed by atoms with Gasteiger partial charge in [-0.15, -0.1) is 0 Å². The number of nitrogens with one attached hydrogen (secondary N) is 1. The Balaban J connectivity index is 1.74. The van der Waals surface area contributed by atoms with Crippen LogP contribution in [-0.4, -0.2) is 37.7 Å². The van der Waals surface area contributed by atoms with Crippen LogP contribution < -0.4 is 10.1 Å². The molecule has 1 aliphatic heterocycles. The summed E-state index contributed by atoms with van der Waals surface area (Å²) in [6.45, 7) is -0.278. The van der Waals surface area contributed by atoms with Crippen molar-refractivity contribution in [2.75, 3.05) is 12.3 Å². The van der Waals surface area contributed by atoms with E-state index in [2.05, 4.69) is 10.3 Å². The van der Waals surface area contributed by atoms with Crippen molar-refractivity contribution in [3.05, 3.63) is 53.9 Å². The molecule has 3 rings (SSSR count). The lowest BCUT2D eigenvalue weighted by molar-refractivity contribution is -0.138. The number of alkyl halides is 3. The minimum atomic E-state index is -4.73. The maximum Gasteiger partial charge on any atom is 0.418 e. The highest BCUT2D eigenvalue weighted by Gasteiger charge is 2.36. The van der Waals surface area contributed by atoms with E-state index in [1.165, 1.54) is 12.1 Å². The Hall–Kier alpha value is -2.62. The molecule has 10 heteroatoms. The summed E-state index contributed by atoms with van der Waals surface area (Å²) in [5.74, 6) is -1.30. The average molecular weight is 386 g/mol. The van der Waals surface area contributed by atoms with Gasteiger partial charge in [0.15, 0.2) is 9.84 Å². The van der Waals surface area contributed by atoms with E-state index >= 15 is 0 Å². The molecule has 0 aliphatic carbocycles. The predicted molar refractivity (Wildman–Crippen MR) is 84.5 cm³/mol. The molecule has 0 saturated carbocycles. The molecule has 0 radical (unpaired) electrons. The summed E-state index contributed by atoms with van der Waals surface area (Å²) in [6.07, 6.45) is -4.58. The van der Waals surface area contributed by atoms with Gasteiger partial charge in [0.2, 0.25) is 0 Å². The Labute approximate surface area is 146 Å². The van der Waals surface area contributed by atoms with E-state index in [9.17, 15) is 26.4 Å². The van der Waals surface area contributed by atoms with Crippen molar-refractivity contribution < 1.29 is 31.1 Å². The first-order valence-electron chi connectivity index (χ1n) is 7.47. The second-order valence-corrected chi connectivity index (χ2v) is 7.58. The van der Waals surface area contributed by atoms with Crippen LogP contribution >= 0.6 is 0 Å². The first-order chi connectivity index (χ1) is 12.2. The zero-order valence-corrected chi connectivity index (χ0v) is 14.0. The normalized spacial score (nSPS) is 18.5. The molecule has 0 fully saturated rings. The summed E-state index contributed by atoms with van der Waals surface area (Å²) in [6, 6.07) is 7.86. The highest BCUT2D eigenvalue weighted by atomic mass is 32.2. The largest absolute Gasteiger partial charge is 0.486 e. The fourth-order valence-electron chi connectivity index (χ4n) is 2.56. The van der Waals surface area contributed by atoms with E-state index in [1.54, 1.807) is 12.1 Å². The number of rotatable bonds is 3. The number of ether oxygens (including phenoxy) is 1. The fourth-order valence-corrected chi connectivity index (χ4v) is 4.12. The molecule has 2 heterocycles. The predicted octanol–water partition coefficient (Wildman–Crippen LogP) is 2.07. The first-order valence-corrected chi connectivity index (χ1v) is 9.12. The number of aromatic nitrogens is 1. The summed E-state index contributed by atoms with van der Waals surface area (Å²) in [5.41, 5.74) is -1.95. The van der Waals surface area contributed by atoms with E-state index in [1.807, 2.05) is 0 Å². The van der Waals surface area contributed by atoms with E-state index < -0.39 is 45.0 Å². The van der Waals surface area contributed by atoms with Gasteiger partial charge in [0.05, 0.1) is 17.9 Å². The van der Waals surface area contributed by atoms with Gasteiger partial charge in [-0.2, -0.15) is 13.2 Å². The van der Waals surface area contributed by atoms with Crippen LogP contribution in [0.25, 0.3) is 0 Å². The summed E-state index contributed by atoms with van der Waals surface area (Å²) in [4.78, 5) is 15.6. The fraction of sp³-hybridized carbons (Fsp3) is 0.250. The minimum absolute atomic E-state index is 0.0478. The lowest BCUT2D eigenvalue weighted by Gasteiger charge is -2.26. The average Bonchev–Trinajstić information content (AvgIpc) is 2.58. The van der Waals surface area contributed by atoms with Crippen LogP contribution in [0.15, 0.2) is 47.5 Å². The molecule has 138 valence electrons. The maximum absolute atomic E-state index is 12.9. The molecule has 26 heavy (non-hydrogen) atoms. The standard InChI is InChI=1S/C16H13F3N2O4S/c17-16(18,19)11-4-3-7-20-14(11)15(22)21-8-10-9-26(23,24)13-6-2-1-5-12(13)25-10/h1-7,10H,8-9H2,(H,21,22). The van der Waals surface area contributed by atoms with Gasteiger partial charge in [0.25, 0.3) is 5.91 Å². The molecule has 1 unspecified atom stereocenters. The lowest BCUT2D eigenvalue weighted by Crippen LogP contribution is -2.42. The van der Waals surface area contributed by atoms with Crippen LogP contribution in [0.5, 0.6) is 5.75 Å². The van der Waals surface area contributed by atoms with Crippen LogP contribution in [0.4, 0.5) is 13.2 Å². The Morgan fingerprint density at radius 1 is 1.23 bits per heavy atom. The third-order valence-electron chi connectivity index (χ3n) is 3.70. The highest BCUT2D eigenvalue weighted by Crippen LogP contribution is 2.32. The number of nitrogens with zero attached hydrogens (tertiary/aromatic N) is 1. The third-order valence-corrected chi connectivity index (χ3v) is 5.52. The van der Waals surface area contributed by atoms with Crippen molar-refractivity contribution in [3.63, 3.8) is 0 Å². The second kappa shape index (κ2) is 6.60. The molecular weight excluding hydrogens is 373 g/mol. The van der Waals surface area contributed by atoms with E-state index in [0.29, 0.717) is 0 Å². The van der Waals surface area contributed by atoms with Crippen molar-refractivity contribution in [1.82, 2.24) is 10.3 Å². The molecule has 1 aliphatic rings. The van der Waals surface area contributed by atoms with Gasteiger partial charge in [-0.05, 0) is 24.3 Å². The number of para-hydroxylation sites is 1. The van der Waals surface area contributed by atoms with Gasteiger partial charge in [-0.1, -0.05) is 12.1 Å². The van der Waals surface area contributed by atoms with Crippen LogP contribution in [0.3, 0.4) is 0 Å². The Morgan fingerprint density at radius 3 is 2.69 bits per heavy atom. The van der Waals surface area contributed by atoms with Crippen molar-refractivity contribution in [2.24, 2.45) is 0 Å².